The van der Waals surface area contributed by atoms with Crippen LogP contribution in [0.1, 0.15) is 37.8 Å². The van der Waals surface area contributed by atoms with Gasteiger partial charge in [0.2, 0.25) is 0 Å². The van der Waals surface area contributed by atoms with Crippen LogP contribution in [0.3, 0.4) is 0 Å². The van der Waals surface area contributed by atoms with E-state index in [4.69, 9.17) is 4.74 Å². The van der Waals surface area contributed by atoms with Crippen molar-refractivity contribution >= 4 is 29.9 Å². The number of methoxy groups -OCH3 is 1. The monoisotopic (exact) mass is 460 g/mol. The summed E-state index contributed by atoms with van der Waals surface area (Å²) in [5, 5.41) is 6.97. The normalized spacial score (nSPS) is 16.5. The van der Waals surface area contributed by atoms with Gasteiger partial charge in [0.05, 0.1) is 7.11 Å². The Balaban J connectivity index is 0.00000312. The van der Waals surface area contributed by atoms with Crippen LogP contribution < -0.4 is 15.4 Å². The highest BCUT2D eigenvalue weighted by molar-refractivity contribution is 14.0. The van der Waals surface area contributed by atoms with Gasteiger partial charge in [-0.3, -0.25) is 4.99 Å². The van der Waals surface area contributed by atoms with E-state index in [1.165, 1.54) is 11.1 Å². The minimum atomic E-state index is 0. The van der Waals surface area contributed by atoms with Crippen LogP contribution in [0.2, 0.25) is 0 Å². The first-order valence-electron chi connectivity index (χ1n) is 8.87. The molecule has 1 aromatic rings. The second-order valence-corrected chi connectivity index (χ2v) is 6.83. The second kappa shape index (κ2) is 10.9. The Labute approximate surface area is 169 Å². The van der Waals surface area contributed by atoms with Gasteiger partial charge in [-0.05, 0) is 56.9 Å². The van der Waals surface area contributed by atoms with Crippen LogP contribution >= 0.6 is 24.0 Å². The fourth-order valence-corrected chi connectivity index (χ4v) is 3.18. The fourth-order valence-electron chi connectivity index (χ4n) is 3.18. The van der Waals surface area contributed by atoms with Crippen molar-refractivity contribution in [2.75, 3.05) is 27.2 Å². The van der Waals surface area contributed by atoms with Crippen LogP contribution in [-0.4, -0.2) is 50.2 Å². The lowest BCUT2D eigenvalue weighted by molar-refractivity contribution is 0.167. The number of nitrogens with one attached hydrogen (secondary N) is 2. The maximum absolute atomic E-state index is 5.34. The number of halogens is 1. The molecule has 1 heterocycles. The summed E-state index contributed by atoms with van der Waals surface area (Å²) < 4.78 is 5.34. The number of guanidine groups is 1. The summed E-state index contributed by atoms with van der Waals surface area (Å²) in [7, 11) is 3.53. The Bertz CT molecular complexity index is 554. The molecule has 0 saturated carbocycles. The van der Waals surface area contributed by atoms with Crippen molar-refractivity contribution in [3.05, 3.63) is 29.3 Å². The first kappa shape index (κ1) is 22.0. The number of aliphatic imine (C=N–C) groups is 1. The van der Waals surface area contributed by atoms with Crippen LogP contribution in [0.5, 0.6) is 5.75 Å². The molecule has 2 N–H and O–H groups in total. The Hall–Kier alpha value is -1.02. The van der Waals surface area contributed by atoms with E-state index in [2.05, 4.69) is 53.4 Å². The number of likely N-dealkylation sites (tertiary alicyclic amines) is 1. The number of rotatable bonds is 5. The molecule has 0 unspecified atom stereocenters. The third kappa shape index (κ3) is 7.01. The summed E-state index contributed by atoms with van der Waals surface area (Å²) in [5.74, 6) is 1.77. The molecule has 25 heavy (non-hydrogen) atoms. The van der Waals surface area contributed by atoms with Gasteiger partial charge >= 0.3 is 0 Å². The van der Waals surface area contributed by atoms with Crippen LogP contribution in [0.4, 0.5) is 0 Å². The third-order valence-corrected chi connectivity index (χ3v) is 4.63. The zero-order valence-corrected chi connectivity index (χ0v) is 18.5. The van der Waals surface area contributed by atoms with E-state index in [0.29, 0.717) is 12.1 Å². The first-order valence-corrected chi connectivity index (χ1v) is 8.87. The molecule has 0 aliphatic carbocycles. The molecule has 0 atom stereocenters. The molecule has 1 saturated heterocycles. The molecule has 0 bridgehead atoms. The lowest BCUT2D eigenvalue weighted by atomic mass is 10.0. The van der Waals surface area contributed by atoms with Crippen molar-refractivity contribution in [1.82, 2.24) is 15.5 Å². The maximum atomic E-state index is 5.34. The van der Waals surface area contributed by atoms with Crippen LogP contribution in [-0.2, 0) is 6.54 Å². The summed E-state index contributed by atoms with van der Waals surface area (Å²) in [5.41, 5.74) is 2.40. The van der Waals surface area contributed by atoms with E-state index >= 15 is 0 Å². The molecule has 2 rings (SSSR count). The standard InChI is InChI=1S/C19H32N4O.HI/c1-14(2)23-8-6-17(7-9-23)22-19(20-4)21-13-16-10-15(3)11-18(12-16)24-5;/h10-12,14,17H,6-9,13H2,1-5H3,(H2,20,21,22);1H. The largest absolute Gasteiger partial charge is 0.497 e. The number of piperidine rings is 1. The van der Waals surface area contributed by atoms with Gasteiger partial charge in [-0.2, -0.15) is 0 Å². The van der Waals surface area contributed by atoms with Gasteiger partial charge in [0.15, 0.2) is 5.96 Å². The van der Waals surface area contributed by atoms with Gasteiger partial charge in [0, 0.05) is 38.8 Å². The molecule has 0 amide bonds. The van der Waals surface area contributed by atoms with Crippen LogP contribution in [0, 0.1) is 6.92 Å². The highest BCUT2D eigenvalue weighted by Gasteiger charge is 2.21. The fraction of sp³-hybridized carbons (Fsp3) is 0.632. The van der Waals surface area contributed by atoms with Crippen molar-refractivity contribution in [3.63, 3.8) is 0 Å². The molecular formula is C19H33IN4O. The number of hydrogen-bond acceptors (Lipinski definition) is 3. The van der Waals surface area contributed by atoms with Crippen molar-refractivity contribution in [3.8, 4) is 5.75 Å². The minimum Gasteiger partial charge on any atom is -0.497 e. The second-order valence-electron chi connectivity index (χ2n) is 6.83. The maximum Gasteiger partial charge on any atom is 0.191 e. The molecule has 0 aromatic heterocycles. The summed E-state index contributed by atoms with van der Waals surface area (Å²) in [6.45, 7) is 9.67. The van der Waals surface area contributed by atoms with Crippen LogP contribution in [0.15, 0.2) is 23.2 Å². The van der Waals surface area contributed by atoms with E-state index < -0.39 is 0 Å². The van der Waals surface area contributed by atoms with Crippen molar-refractivity contribution in [2.45, 2.75) is 52.2 Å². The minimum absolute atomic E-state index is 0. The lowest BCUT2D eigenvalue weighted by Crippen LogP contribution is -2.49. The molecule has 1 aliphatic rings. The van der Waals surface area contributed by atoms with Gasteiger partial charge in [-0.15, -0.1) is 24.0 Å². The predicted molar refractivity (Wildman–Crippen MR) is 116 cm³/mol. The van der Waals surface area contributed by atoms with E-state index in [1.54, 1.807) is 7.11 Å². The molecule has 0 spiro atoms. The topological polar surface area (TPSA) is 48.9 Å². The molecule has 0 radical (unpaired) electrons. The number of hydrogen-bond donors (Lipinski definition) is 2. The number of benzene rings is 1. The Morgan fingerprint density at radius 1 is 1.28 bits per heavy atom. The van der Waals surface area contributed by atoms with E-state index in [-0.39, 0.29) is 24.0 Å². The van der Waals surface area contributed by atoms with Gasteiger partial charge < -0.3 is 20.3 Å². The highest BCUT2D eigenvalue weighted by Crippen LogP contribution is 2.16. The van der Waals surface area contributed by atoms with Gasteiger partial charge in [0.25, 0.3) is 0 Å². The summed E-state index contributed by atoms with van der Waals surface area (Å²) in [6.07, 6.45) is 2.33. The molecule has 1 aliphatic heterocycles. The van der Waals surface area contributed by atoms with Gasteiger partial charge in [-0.25, -0.2) is 0 Å². The van der Waals surface area contributed by atoms with Crippen molar-refractivity contribution in [2.24, 2.45) is 4.99 Å². The van der Waals surface area contributed by atoms with E-state index in [1.807, 2.05) is 13.1 Å². The smallest absolute Gasteiger partial charge is 0.191 e. The average molecular weight is 460 g/mol. The van der Waals surface area contributed by atoms with E-state index in [0.717, 1.165) is 44.2 Å². The molecule has 142 valence electrons. The molecule has 6 heteroatoms. The van der Waals surface area contributed by atoms with Crippen molar-refractivity contribution < 1.29 is 4.74 Å². The Kier molecular flexibility index (Phi) is 9.56. The Morgan fingerprint density at radius 2 is 1.96 bits per heavy atom. The van der Waals surface area contributed by atoms with E-state index in [9.17, 15) is 0 Å². The summed E-state index contributed by atoms with van der Waals surface area (Å²) in [4.78, 5) is 6.90. The number of ether oxygens (including phenoxy) is 1. The van der Waals surface area contributed by atoms with Gasteiger partial charge in [0.1, 0.15) is 5.75 Å². The van der Waals surface area contributed by atoms with Crippen LogP contribution in [0.25, 0.3) is 0 Å². The number of nitrogens with zero attached hydrogens (tertiary/aromatic N) is 2. The third-order valence-electron chi connectivity index (χ3n) is 4.63. The molecule has 5 nitrogen and oxygen atoms in total. The zero-order valence-electron chi connectivity index (χ0n) is 16.1. The van der Waals surface area contributed by atoms with Crippen molar-refractivity contribution in [1.29, 1.82) is 0 Å². The summed E-state index contributed by atoms with van der Waals surface area (Å²) >= 11 is 0. The Morgan fingerprint density at radius 3 is 2.52 bits per heavy atom. The highest BCUT2D eigenvalue weighted by atomic mass is 127. The summed E-state index contributed by atoms with van der Waals surface area (Å²) in [6, 6.07) is 7.41. The molecule has 1 aromatic carbocycles. The molecule has 1 fully saturated rings. The lowest BCUT2D eigenvalue weighted by Gasteiger charge is -2.35. The first-order chi connectivity index (χ1) is 11.5. The molecular weight excluding hydrogens is 427 g/mol. The average Bonchev–Trinajstić information content (AvgIpc) is 2.58. The quantitative estimate of drug-likeness (QED) is 0.403. The zero-order chi connectivity index (χ0) is 17.5. The predicted octanol–water partition coefficient (Wildman–Crippen LogP) is 3.16. The SMILES string of the molecule is CN=C(NCc1cc(C)cc(OC)c1)NC1CCN(C(C)C)CC1.I. The number of aryl methyl sites for hydroxylation is 1. The van der Waals surface area contributed by atoms with Gasteiger partial charge in [-0.1, -0.05) is 6.07 Å².